The minimum atomic E-state index is -0.993. The third-order valence-electron chi connectivity index (χ3n) is 2.53. The van der Waals surface area contributed by atoms with Crippen molar-refractivity contribution in [2.45, 2.75) is 18.6 Å². The Balaban J connectivity index is 2.46. The van der Waals surface area contributed by atoms with Crippen molar-refractivity contribution in [1.29, 1.82) is 0 Å². The van der Waals surface area contributed by atoms with Crippen molar-refractivity contribution in [1.82, 2.24) is 10.3 Å². The van der Waals surface area contributed by atoms with Gasteiger partial charge < -0.3 is 15.7 Å². The van der Waals surface area contributed by atoms with Crippen molar-refractivity contribution < 1.29 is 18.9 Å². The molecule has 2 amide bonds. The van der Waals surface area contributed by atoms with Gasteiger partial charge in [-0.15, -0.1) is 0 Å². The summed E-state index contributed by atoms with van der Waals surface area (Å²) < 4.78 is 11.1. The second-order valence-corrected chi connectivity index (χ2v) is 6.05. The third-order valence-corrected chi connectivity index (χ3v) is 3.83. The molecule has 8 heteroatoms. The van der Waals surface area contributed by atoms with Crippen LogP contribution in [0.1, 0.15) is 12.6 Å². The minimum absolute atomic E-state index is 0.128. The maximum absolute atomic E-state index is 11.6. The molecular weight excluding hydrogens is 282 g/mol. The number of hydrogen-bond donors (Lipinski definition) is 3. The van der Waals surface area contributed by atoms with E-state index in [0.29, 0.717) is 17.9 Å². The number of aromatic nitrogens is 1. The van der Waals surface area contributed by atoms with E-state index in [0.717, 1.165) is 0 Å². The van der Waals surface area contributed by atoms with Crippen LogP contribution in [-0.2, 0) is 22.0 Å². The first kappa shape index (κ1) is 16.1. The van der Waals surface area contributed by atoms with E-state index in [9.17, 15) is 13.8 Å². The lowest BCUT2D eigenvalue weighted by Gasteiger charge is -2.11. The van der Waals surface area contributed by atoms with Crippen LogP contribution in [0.5, 0.6) is 0 Å². The van der Waals surface area contributed by atoms with Crippen LogP contribution in [0.25, 0.3) is 0 Å². The Morgan fingerprint density at radius 3 is 2.65 bits per heavy atom. The predicted octanol–water partition coefficient (Wildman–Crippen LogP) is 0.597. The largest absolute Gasteiger partial charge is 0.481 e. The fourth-order valence-electron chi connectivity index (χ4n) is 1.29. The molecule has 2 unspecified atom stereocenters. The molecule has 110 valence electrons. The highest BCUT2D eigenvalue weighted by molar-refractivity contribution is 7.84. The van der Waals surface area contributed by atoms with E-state index in [1.807, 2.05) is 0 Å². The van der Waals surface area contributed by atoms with Gasteiger partial charge in [-0.1, -0.05) is 0 Å². The number of nitrogens with one attached hydrogen (secondary N) is 2. The first-order valence-corrected chi connectivity index (χ1v) is 7.54. The molecule has 0 radical (unpaired) electrons. The standard InChI is InChI=1S/C12H17N3O4S/c1-8(20(2)19)6-14-12(18)15-10-4-3-9(13-7-10)5-11(16)17/h3-4,7-8H,5-6H2,1-2H3,(H,16,17)(H2,14,15,18). The number of carbonyl (C=O) groups excluding carboxylic acids is 1. The molecule has 0 aliphatic carbocycles. The summed E-state index contributed by atoms with van der Waals surface area (Å²) in [4.78, 5) is 26.0. The van der Waals surface area contributed by atoms with Crippen LogP contribution < -0.4 is 10.6 Å². The van der Waals surface area contributed by atoms with Crippen molar-refractivity contribution in [2.24, 2.45) is 0 Å². The molecule has 7 nitrogen and oxygen atoms in total. The summed E-state index contributed by atoms with van der Waals surface area (Å²) in [6.07, 6.45) is 2.81. The molecule has 0 bridgehead atoms. The zero-order valence-electron chi connectivity index (χ0n) is 11.3. The van der Waals surface area contributed by atoms with Gasteiger partial charge in [-0.25, -0.2) is 4.79 Å². The van der Waals surface area contributed by atoms with Crippen molar-refractivity contribution >= 4 is 28.5 Å². The van der Waals surface area contributed by atoms with E-state index < -0.39 is 22.8 Å². The maximum atomic E-state index is 11.6. The molecule has 3 N–H and O–H groups in total. The van der Waals surface area contributed by atoms with Gasteiger partial charge in [0.05, 0.1) is 24.0 Å². The molecule has 0 saturated carbocycles. The second kappa shape index (κ2) is 7.59. The Morgan fingerprint density at radius 1 is 1.45 bits per heavy atom. The first-order valence-electron chi connectivity index (χ1n) is 5.92. The van der Waals surface area contributed by atoms with Crippen LogP contribution in [0.3, 0.4) is 0 Å². The highest BCUT2D eigenvalue weighted by atomic mass is 32.2. The Kier molecular flexibility index (Phi) is 6.10. The van der Waals surface area contributed by atoms with Gasteiger partial charge in [-0.3, -0.25) is 14.0 Å². The summed E-state index contributed by atoms with van der Waals surface area (Å²) in [5, 5.41) is 13.6. The van der Waals surface area contributed by atoms with Crippen LogP contribution in [0.4, 0.5) is 10.5 Å². The molecule has 0 aromatic carbocycles. The average molecular weight is 299 g/mol. The zero-order chi connectivity index (χ0) is 15.1. The van der Waals surface area contributed by atoms with Gasteiger partial charge in [-0.2, -0.15) is 0 Å². The van der Waals surface area contributed by atoms with E-state index >= 15 is 0 Å². The van der Waals surface area contributed by atoms with Crippen LogP contribution in [0, 0.1) is 0 Å². The molecule has 1 heterocycles. The first-order chi connectivity index (χ1) is 9.38. The Labute approximate surface area is 119 Å². The topological polar surface area (TPSA) is 108 Å². The molecule has 0 saturated heterocycles. The SMILES string of the molecule is CC(CNC(=O)Nc1ccc(CC(=O)O)nc1)S(C)=O. The Hall–Kier alpha value is -1.96. The van der Waals surface area contributed by atoms with E-state index in [1.165, 1.54) is 12.3 Å². The summed E-state index contributed by atoms with van der Waals surface area (Å²) in [6, 6.07) is 2.69. The smallest absolute Gasteiger partial charge is 0.319 e. The maximum Gasteiger partial charge on any atom is 0.319 e. The third kappa shape index (κ3) is 5.79. The van der Waals surface area contributed by atoms with Crippen molar-refractivity contribution in [3.8, 4) is 0 Å². The number of hydrogen-bond acceptors (Lipinski definition) is 4. The number of urea groups is 1. The number of carboxylic acids is 1. The average Bonchev–Trinajstić information content (AvgIpc) is 2.37. The molecule has 0 aliphatic heterocycles. The number of carboxylic acid groups (broad SMARTS) is 1. The normalized spacial score (nSPS) is 13.3. The van der Waals surface area contributed by atoms with Crippen molar-refractivity contribution in [3.05, 3.63) is 24.0 Å². The van der Waals surface area contributed by atoms with Crippen LogP contribution in [0.2, 0.25) is 0 Å². The van der Waals surface area contributed by atoms with E-state index in [2.05, 4.69) is 15.6 Å². The zero-order valence-corrected chi connectivity index (χ0v) is 12.1. The molecule has 1 aromatic rings. The molecule has 1 aromatic heterocycles. The highest BCUT2D eigenvalue weighted by Crippen LogP contribution is 2.06. The molecule has 0 fully saturated rings. The van der Waals surface area contributed by atoms with E-state index in [4.69, 9.17) is 5.11 Å². The Morgan fingerprint density at radius 2 is 2.15 bits per heavy atom. The fraction of sp³-hybridized carbons (Fsp3) is 0.417. The molecular formula is C12H17N3O4S. The quantitative estimate of drug-likeness (QED) is 0.712. The van der Waals surface area contributed by atoms with Gasteiger partial charge in [0.15, 0.2) is 0 Å². The molecule has 0 spiro atoms. The van der Waals surface area contributed by atoms with Gasteiger partial charge >= 0.3 is 12.0 Å². The molecule has 1 rings (SSSR count). The van der Waals surface area contributed by atoms with Gasteiger partial charge in [0.25, 0.3) is 0 Å². The number of carbonyl (C=O) groups is 2. The summed E-state index contributed by atoms with van der Waals surface area (Å²) in [5.41, 5.74) is 0.875. The lowest BCUT2D eigenvalue weighted by atomic mass is 10.2. The summed E-state index contributed by atoms with van der Waals surface area (Å²) in [5.74, 6) is -0.961. The van der Waals surface area contributed by atoms with E-state index in [1.54, 1.807) is 19.2 Å². The van der Waals surface area contributed by atoms with Gasteiger partial charge in [0.1, 0.15) is 0 Å². The summed E-state index contributed by atoms with van der Waals surface area (Å²) >= 11 is 0. The monoisotopic (exact) mass is 299 g/mol. The van der Waals surface area contributed by atoms with E-state index in [-0.39, 0.29) is 11.7 Å². The minimum Gasteiger partial charge on any atom is -0.481 e. The highest BCUT2D eigenvalue weighted by Gasteiger charge is 2.09. The van der Waals surface area contributed by atoms with Crippen molar-refractivity contribution in [2.75, 3.05) is 18.1 Å². The van der Waals surface area contributed by atoms with Crippen LogP contribution >= 0.6 is 0 Å². The second-order valence-electron chi connectivity index (χ2n) is 4.25. The summed E-state index contributed by atoms with van der Waals surface area (Å²) in [7, 11) is -0.993. The predicted molar refractivity (Wildman–Crippen MR) is 76.1 cm³/mol. The fourth-order valence-corrected chi connectivity index (χ4v) is 1.61. The van der Waals surface area contributed by atoms with Gasteiger partial charge in [-0.05, 0) is 19.1 Å². The number of rotatable bonds is 6. The summed E-state index contributed by atoms with van der Waals surface area (Å²) in [6.45, 7) is 2.08. The lowest BCUT2D eigenvalue weighted by molar-refractivity contribution is -0.136. The number of pyridine rings is 1. The van der Waals surface area contributed by atoms with Crippen LogP contribution in [0.15, 0.2) is 18.3 Å². The van der Waals surface area contributed by atoms with Gasteiger partial charge in [0.2, 0.25) is 0 Å². The Bertz CT molecular complexity index is 504. The number of nitrogens with zero attached hydrogens (tertiary/aromatic N) is 1. The van der Waals surface area contributed by atoms with Crippen molar-refractivity contribution in [3.63, 3.8) is 0 Å². The lowest BCUT2D eigenvalue weighted by Crippen LogP contribution is -2.35. The number of aliphatic carboxylic acids is 1. The molecule has 2 atom stereocenters. The van der Waals surface area contributed by atoms with Gasteiger partial charge in [0, 0.05) is 28.9 Å². The molecule has 20 heavy (non-hydrogen) atoms. The number of anilines is 1. The number of amides is 2. The molecule has 0 aliphatic rings. The van der Waals surface area contributed by atoms with Crippen LogP contribution in [-0.4, -0.2) is 44.4 Å².